The maximum absolute atomic E-state index is 9.86. The highest BCUT2D eigenvalue weighted by molar-refractivity contribution is 7.09. The highest BCUT2D eigenvalue weighted by Crippen LogP contribution is 2.15. The Morgan fingerprint density at radius 1 is 1.45 bits per heavy atom. The molecular weight excluding hydrogens is 276 g/mol. The lowest BCUT2D eigenvalue weighted by molar-refractivity contribution is -0.140. The molecule has 5 nitrogen and oxygen atoms in total. The van der Waals surface area contributed by atoms with Crippen LogP contribution in [0.15, 0.2) is 17.5 Å². The third-order valence-corrected chi connectivity index (χ3v) is 4.07. The summed E-state index contributed by atoms with van der Waals surface area (Å²) >= 11 is 1.87. The summed E-state index contributed by atoms with van der Waals surface area (Å²) in [6.07, 6.45) is 3.24. The molecule has 0 bridgehead atoms. The van der Waals surface area contributed by atoms with E-state index in [0.29, 0.717) is 0 Å². The minimum Gasteiger partial charge on any atom is -0.480 e. The van der Waals surface area contributed by atoms with Crippen molar-refractivity contribution in [3.8, 4) is 0 Å². The molecular formula is C14H24N2O3S. The van der Waals surface area contributed by atoms with Crippen LogP contribution in [0.3, 0.4) is 0 Å². The standard InChI is InChI=1S/C10H15NS.C4H9NO3/c1-2-6-11(7-3-1)9-10-5-4-8-12-10;1-2(6)3(5)4(7)8/h4-5,8H,1-3,6-7,9H2;2-3,6H,5H2,1H3,(H,7,8). The smallest absolute Gasteiger partial charge is 0.323 e. The van der Waals surface area contributed by atoms with E-state index >= 15 is 0 Å². The van der Waals surface area contributed by atoms with Crippen LogP contribution in [-0.4, -0.2) is 46.3 Å². The van der Waals surface area contributed by atoms with E-state index in [1.807, 2.05) is 11.3 Å². The highest BCUT2D eigenvalue weighted by atomic mass is 32.1. The van der Waals surface area contributed by atoms with Crippen molar-refractivity contribution in [2.75, 3.05) is 13.1 Å². The van der Waals surface area contributed by atoms with Crippen molar-refractivity contribution < 1.29 is 15.0 Å². The third-order valence-electron chi connectivity index (χ3n) is 3.21. The van der Waals surface area contributed by atoms with Crippen LogP contribution in [0.5, 0.6) is 0 Å². The van der Waals surface area contributed by atoms with Crippen molar-refractivity contribution in [2.24, 2.45) is 5.73 Å². The quantitative estimate of drug-likeness (QED) is 0.784. The normalized spacial score (nSPS) is 18.8. The van der Waals surface area contributed by atoms with E-state index in [1.165, 1.54) is 50.7 Å². The molecule has 1 fully saturated rings. The van der Waals surface area contributed by atoms with Crippen LogP contribution in [0.4, 0.5) is 0 Å². The van der Waals surface area contributed by atoms with Gasteiger partial charge in [-0.05, 0) is 44.3 Å². The van der Waals surface area contributed by atoms with Crippen molar-refractivity contribution in [3.05, 3.63) is 22.4 Å². The number of carbonyl (C=O) groups is 1. The Morgan fingerprint density at radius 3 is 2.50 bits per heavy atom. The van der Waals surface area contributed by atoms with Crippen LogP contribution in [-0.2, 0) is 11.3 Å². The predicted octanol–water partition coefficient (Wildman–Crippen LogP) is 1.51. The monoisotopic (exact) mass is 300 g/mol. The number of carboxylic acid groups (broad SMARTS) is 1. The molecule has 0 spiro atoms. The number of carboxylic acids is 1. The average Bonchev–Trinajstić information content (AvgIpc) is 2.92. The molecule has 4 N–H and O–H groups in total. The molecule has 2 heterocycles. The summed E-state index contributed by atoms with van der Waals surface area (Å²) in [5, 5.41) is 18.7. The van der Waals surface area contributed by atoms with Crippen molar-refractivity contribution >= 4 is 17.3 Å². The van der Waals surface area contributed by atoms with Gasteiger partial charge < -0.3 is 15.9 Å². The van der Waals surface area contributed by atoms with E-state index in [-0.39, 0.29) is 0 Å². The number of nitrogens with two attached hydrogens (primary N) is 1. The number of thiophene rings is 1. The number of aliphatic hydroxyl groups is 1. The maximum Gasteiger partial charge on any atom is 0.323 e. The zero-order valence-corrected chi connectivity index (χ0v) is 12.7. The second kappa shape index (κ2) is 9.07. The van der Waals surface area contributed by atoms with Gasteiger partial charge in [-0.2, -0.15) is 0 Å². The van der Waals surface area contributed by atoms with Crippen molar-refractivity contribution in [3.63, 3.8) is 0 Å². The lowest BCUT2D eigenvalue weighted by Gasteiger charge is -2.25. The lowest BCUT2D eigenvalue weighted by Crippen LogP contribution is -2.39. The number of aliphatic hydroxyl groups excluding tert-OH is 1. The van der Waals surface area contributed by atoms with E-state index in [2.05, 4.69) is 22.4 Å². The molecule has 0 amide bonds. The summed E-state index contributed by atoms with van der Waals surface area (Å²) < 4.78 is 0. The maximum atomic E-state index is 9.86. The molecule has 1 aliphatic heterocycles. The van der Waals surface area contributed by atoms with E-state index in [0.717, 1.165) is 0 Å². The van der Waals surface area contributed by atoms with Gasteiger partial charge in [0.15, 0.2) is 0 Å². The van der Waals surface area contributed by atoms with Gasteiger partial charge in [0.25, 0.3) is 0 Å². The Kier molecular flexibility index (Phi) is 7.76. The molecule has 20 heavy (non-hydrogen) atoms. The fraction of sp³-hybridized carbons (Fsp3) is 0.643. The molecule has 1 aromatic heterocycles. The molecule has 2 unspecified atom stereocenters. The topological polar surface area (TPSA) is 86.8 Å². The van der Waals surface area contributed by atoms with Crippen molar-refractivity contribution in [1.82, 2.24) is 4.90 Å². The second-order valence-corrected chi connectivity index (χ2v) is 6.05. The van der Waals surface area contributed by atoms with Gasteiger partial charge >= 0.3 is 5.97 Å². The van der Waals surface area contributed by atoms with Crippen molar-refractivity contribution in [1.29, 1.82) is 0 Å². The molecule has 0 radical (unpaired) electrons. The van der Waals surface area contributed by atoms with Gasteiger partial charge in [-0.25, -0.2) is 0 Å². The predicted molar refractivity (Wildman–Crippen MR) is 80.7 cm³/mol. The minimum atomic E-state index is -1.18. The number of hydrogen-bond acceptors (Lipinski definition) is 5. The molecule has 0 aromatic carbocycles. The van der Waals surface area contributed by atoms with Crippen LogP contribution < -0.4 is 5.73 Å². The van der Waals surface area contributed by atoms with E-state index in [4.69, 9.17) is 15.9 Å². The first kappa shape index (κ1) is 17.1. The first-order chi connectivity index (χ1) is 9.50. The molecule has 114 valence electrons. The Labute approximate surface area is 124 Å². The zero-order valence-electron chi connectivity index (χ0n) is 11.9. The SMILES string of the molecule is CC(O)C(N)C(=O)O.c1csc(CN2CCCCC2)c1. The number of aliphatic carboxylic acids is 1. The summed E-state index contributed by atoms with van der Waals surface area (Å²) in [7, 11) is 0. The molecule has 2 atom stereocenters. The van der Waals surface area contributed by atoms with Crippen LogP contribution in [0.2, 0.25) is 0 Å². The largest absolute Gasteiger partial charge is 0.480 e. The lowest BCUT2D eigenvalue weighted by atomic mass is 10.1. The number of nitrogens with zero attached hydrogens (tertiary/aromatic N) is 1. The summed E-state index contributed by atoms with van der Waals surface area (Å²) in [5.41, 5.74) is 4.91. The van der Waals surface area contributed by atoms with Gasteiger partial charge in [0.05, 0.1) is 6.10 Å². The fourth-order valence-corrected chi connectivity index (χ4v) is 2.69. The molecule has 2 rings (SSSR count). The van der Waals surface area contributed by atoms with Crippen LogP contribution in [0, 0.1) is 0 Å². The van der Waals surface area contributed by atoms with Crippen LogP contribution >= 0.6 is 11.3 Å². The molecule has 1 aromatic rings. The summed E-state index contributed by atoms with van der Waals surface area (Å²) in [6.45, 7) is 5.12. The Balaban J connectivity index is 0.000000221. The van der Waals surface area contributed by atoms with Crippen LogP contribution in [0.1, 0.15) is 31.1 Å². The average molecular weight is 300 g/mol. The molecule has 0 saturated carbocycles. The van der Waals surface area contributed by atoms with Crippen molar-refractivity contribution in [2.45, 2.75) is 44.9 Å². The first-order valence-electron chi connectivity index (χ1n) is 6.92. The zero-order chi connectivity index (χ0) is 15.0. The van der Waals surface area contributed by atoms with Crippen LogP contribution in [0.25, 0.3) is 0 Å². The minimum absolute atomic E-state index is 0.979. The van der Waals surface area contributed by atoms with Gasteiger partial charge in [0, 0.05) is 11.4 Å². The summed E-state index contributed by atoms with van der Waals surface area (Å²) in [6, 6.07) is 3.22. The molecule has 1 aliphatic rings. The number of rotatable bonds is 4. The van der Waals surface area contributed by atoms with Gasteiger partial charge in [-0.3, -0.25) is 9.69 Å². The van der Waals surface area contributed by atoms with Gasteiger partial charge in [0.2, 0.25) is 0 Å². The van der Waals surface area contributed by atoms with E-state index in [1.54, 1.807) is 0 Å². The molecule has 1 saturated heterocycles. The van der Waals surface area contributed by atoms with Gasteiger partial charge in [-0.1, -0.05) is 12.5 Å². The first-order valence-corrected chi connectivity index (χ1v) is 7.80. The third kappa shape index (κ3) is 6.47. The summed E-state index contributed by atoms with van der Waals surface area (Å²) in [4.78, 5) is 13.9. The second-order valence-electron chi connectivity index (χ2n) is 5.02. The van der Waals surface area contributed by atoms with Gasteiger partial charge in [-0.15, -0.1) is 11.3 Å². The molecule has 6 heteroatoms. The Bertz CT molecular complexity index is 376. The highest BCUT2D eigenvalue weighted by Gasteiger charge is 2.16. The summed E-state index contributed by atoms with van der Waals surface area (Å²) in [5.74, 6) is -1.18. The number of piperidine rings is 1. The van der Waals surface area contributed by atoms with E-state index < -0.39 is 18.1 Å². The number of likely N-dealkylation sites (tertiary alicyclic amines) is 1. The molecule has 0 aliphatic carbocycles. The fourth-order valence-electron chi connectivity index (χ4n) is 1.95. The number of hydrogen-bond donors (Lipinski definition) is 3. The Hall–Kier alpha value is -0.950. The van der Waals surface area contributed by atoms with E-state index in [9.17, 15) is 4.79 Å². The Morgan fingerprint density at radius 2 is 2.10 bits per heavy atom. The van der Waals surface area contributed by atoms with Gasteiger partial charge in [0.1, 0.15) is 6.04 Å².